The number of rotatable bonds is 12. The van der Waals surface area contributed by atoms with E-state index in [2.05, 4.69) is 38.1 Å². The van der Waals surface area contributed by atoms with Gasteiger partial charge in [-0.25, -0.2) is 0 Å². The smallest absolute Gasteiger partial charge is 0.270 e. The SMILES string of the molecule is CCC(=O)N[C@H](Cc1ccc(NC(=O)[C@@H](NC(=O)c2ccnn2C)C2CCCC2)cc1)C(=O)N1CCN(Cc2ccccc2)CC1. The lowest BCUT2D eigenvalue weighted by Gasteiger charge is -2.36. The van der Waals surface area contributed by atoms with Crippen LogP contribution in [0.3, 0.4) is 0 Å². The summed E-state index contributed by atoms with van der Waals surface area (Å²) < 4.78 is 1.49. The van der Waals surface area contributed by atoms with Crippen LogP contribution < -0.4 is 16.0 Å². The predicted molar refractivity (Wildman–Crippen MR) is 176 cm³/mol. The Kier molecular flexibility index (Phi) is 11.2. The van der Waals surface area contributed by atoms with Crippen molar-refractivity contribution in [2.75, 3.05) is 31.5 Å². The summed E-state index contributed by atoms with van der Waals surface area (Å²) in [6, 6.07) is 17.9. The van der Waals surface area contributed by atoms with Gasteiger partial charge < -0.3 is 20.9 Å². The van der Waals surface area contributed by atoms with E-state index < -0.39 is 12.1 Å². The third kappa shape index (κ3) is 8.60. The molecule has 2 aliphatic rings. The van der Waals surface area contributed by atoms with Gasteiger partial charge in [0, 0.05) is 64.5 Å². The zero-order valence-corrected chi connectivity index (χ0v) is 26.8. The Morgan fingerprint density at radius 1 is 0.870 bits per heavy atom. The van der Waals surface area contributed by atoms with Crippen molar-refractivity contribution in [1.29, 1.82) is 0 Å². The van der Waals surface area contributed by atoms with Crippen molar-refractivity contribution in [2.45, 2.75) is 64.1 Å². The summed E-state index contributed by atoms with van der Waals surface area (Å²) >= 11 is 0. The van der Waals surface area contributed by atoms with Crippen molar-refractivity contribution >= 4 is 29.3 Å². The Hall–Kier alpha value is -4.51. The van der Waals surface area contributed by atoms with Crippen LogP contribution in [0.5, 0.6) is 0 Å². The number of nitrogens with one attached hydrogen (secondary N) is 3. The number of anilines is 1. The normalized spacial score (nSPS) is 16.9. The minimum absolute atomic E-state index is 0.0607. The lowest BCUT2D eigenvalue weighted by Crippen LogP contribution is -2.55. The van der Waals surface area contributed by atoms with Crippen LogP contribution in [0.4, 0.5) is 5.69 Å². The molecule has 2 fully saturated rings. The third-order valence-electron chi connectivity index (χ3n) is 9.04. The molecule has 2 aromatic carbocycles. The predicted octanol–water partition coefficient (Wildman–Crippen LogP) is 3.13. The summed E-state index contributed by atoms with van der Waals surface area (Å²) in [7, 11) is 1.69. The topological polar surface area (TPSA) is 129 Å². The second-order valence-electron chi connectivity index (χ2n) is 12.3. The van der Waals surface area contributed by atoms with Crippen molar-refractivity contribution in [3.05, 3.63) is 83.7 Å². The van der Waals surface area contributed by atoms with Crippen LogP contribution in [0.2, 0.25) is 0 Å². The molecule has 11 heteroatoms. The first-order chi connectivity index (χ1) is 22.3. The van der Waals surface area contributed by atoms with Crippen molar-refractivity contribution in [3.63, 3.8) is 0 Å². The standard InChI is InChI=1S/C35H45N7O4/c1-3-31(43)38-29(35(46)42-21-19-41(20-22-42)24-26-9-5-4-6-10-26)23-25-13-15-28(16-14-25)37-34(45)32(27-11-7-8-12-27)39-33(44)30-17-18-36-40(30)2/h4-6,9-10,13-18,27,29,32H,3,7-8,11-12,19-24H2,1-2H3,(H,37,45)(H,38,43)(H,39,44)/t29-,32+/m1/s1. The molecular formula is C35H45N7O4. The molecule has 1 aliphatic carbocycles. The summed E-state index contributed by atoms with van der Waals surface area (Å²) in [4.78, 5) is 56.6. The largest absolute Gasteiger partial charge is 0.344 e. The highest BCUT2D eigenvalue weighted by Gasteiger charge is 2.33. The Morgan fingerprint density at radius 2 is 1.57 bits per heavy atom. The second kappa shape index (κ2) is 15.7. The Bertz CT molecular complexity index is 1480. The molecule has 244 valence electrons. The molecule has 1 aliphatic heterocycles. The molecule has 1 aromatic heterocycles. The highest BCUT2D eigenvalue weighted by molar-refractivity contribution is 6.00. The number of hydrogen-bond acceptors (Lipinski definition) is 6. The average molecular weight is 628 g/mol. The number of carbonyl (C=O) groups is 4. The monoisotopic (exact) mass is 627 g/mol. The molecule has 1 saturated heterocycles. The fraction of sp³-hybridized carbons (Fsp3) is 0.457. The van der Waals surface area contributed by atoms with Gasteiger partial charge in [0.15, 0.2) is 0 Å². The fourth-order valence-electron chi connectivity index (χ4n) is 6.36. The molecular weight excluding hydrogens is 582 g/mol. The second-order valence-corrected chi connectivity index (χ2v) is 12.3. The van der Waals surface area contributed by atoms with Crippen LogP contribution in [0, 0.1) is 5.92 Å². The number of benzene rings is 2. The molecule has 4 amide bonds. The number of amides is 4. The first-order valence-electron chi connectivity index (χ1n) is 16.3. The molecule has 46 heavy (non-hydrogen) atoms. The molecule has 2 atom stereocenters. The van der Waals surface area contributed by atoms with Crippen LogP contribution in [0.15, 0.2) is 66.9 Å². The van der Waals surface area contributed by atoms with Crippen LogP contribution in [0.1, 0.15) is 60.6 Å². The van der Waals surface area contributed by atoms with Gasteiger partial charge in [-0.05, 0) is 48.1 Å². The van der Waals surface area contributed by atoms with E-state index >= 15 is 0 Å². The molecule has 5 rings (SSSR count). The summed E-state index contributed by atoms with van der Waals surface area (Å²) in [5.74, 6) is -0.779. The number of piperazine rings is 1. The first kappa shape index (κ1) is 32.9. The molecule has 2 heterocycles. The maximum absolute atomic E-state index is 13.6. The minimum Gasteiger partial charge on any atom is -0.344 e. The van der Waals surface area contributed by atoms with E-state index in [4.69, 9.17) is 0 Å². The van der Waals surface area contributed by atoms with Crippen molar-refractivity contribution in [1.82, 2.24) is 30.2 Å². The van der Waals surface area contributed by atoms with Gasteiger partial charge in [-0.2, -0.15) is 5.10 Å². The van der Waals surface area contributed by atoms with Gasteiger partial charge in [-0.1, -0.05) is 62.2 Å². The summed E-state index contributed by atoms with van der Waals surface area (Å²) in [6.07, 6.45) is 6.01. The lowest BCUT2D eigenvalue weighted by atomic mass is 9.96. The summed E-state index contributed by atoms with van der Waals surface area (Å²) in [5.41, 5.74) is 3.11. The van der Waals surface area contributed by atoms with E-state index in [-0.39, 0.29) is 29.5 Å². The van der Waals surface area contributed by atoms with Gasteiger partial charge in [0.1, 0.15) is 17.8 Å². The van der Waals surface area contributed by atoms with Crippen molar-refractivity contribution < 1.29 is 19.2 Å². The van der Waals surface area contributed by atoms with E-state index in [1.54, 1.807) is 38.4 Å². The van der Waals surface area contributed by atoms with Gasteiger partial charge in [0.2, 0.25) is 17.7 Å². The molecule has 3 aromatic rings. The quantitative estimate of drug-likeness (QED) is 0.283. The van der Waals surface area contributed by atoms with Crippen LogP contribution in [-0.2, 0) is 34.4 Å². The fourth-order valence-corrected chi connectivity index (χ4v) is 6.36. The molecule has 0 spiro atoms. The maximum atomic E-state index is 13.6. The van der Waals surface area contributed by atoms with E-state index in [0.717, 1.165) is 50.9 Å². The van der Waals surface area contributed by atoms with Gasteiger partial charge in [-0.15, -0.1) is 0 Å². The van der Waals surface area contributed by atoms with Gasteiger partial charge in [0.25, 0.3) is 5.91 Å². The number of carbonyl (C=O) groups excluding carboxylic acids is 4. The Morgan fingerprint density at radius 3 is 2.20 bits per heavy atom. The first-order valence-corrected chi connectivity index (χ1v) is 16.3. The van der Waals surface area contributed by atoms with Gasteiger partial charge in [0.05, 0.1) is 0 Å². The van der Waals surface area contributed by atoms with Crippen LogP contribution in [0.25, 0.3) is 0 Å². The number of aryl methyl sites for hydroxylation is 1. The molecule has 11 nitrogen and oxygen atoms in total. The zero-order valence-electron chi connectivity index (χ0n) is 26.8. The molecule has 3 N–H and O–H groups in total. The van der Waals surface area contributed by atoms with Crippen LogP contribution in [-0.4, -0.2) is 81.5 Å². The lowest BCUT2D eigenvalue weighted by molar-refractivity contribution is -0.138. The van der Waals surface area contributed by atoms with Gasteiger partial charge >= 0.3 is 0 Å². The molecule has 1 saturated carbocycles. The number of hydrogen-bond donors (Lipinski definition) is 3. The van der Waals surface area contributed by atoms with Gasteiger partial charge in [-0.3, -0.25) is 28.8 Å². The molecule has 0 radical (unpaired) electrons. The number of nitrogens with zero attached hydrogens (tertiary/aromatic N) is 4. The van der Waals surface area contributed by atoms with E-state index in [1.165, 1.54) is 10.2 Å². The molecule has 0 bridgehead atoms. The van der Waals surface area contributed by atoms with Crippen molar-refractivity contribution in [2.24, 2.45) is 13.0 Å². The molecule has 0 unspecified atom stereocenters. The van der Waals surface area contributed by atoms with E-state index in [9.17, 15) is 19.2 Å². The summed E-state index contributed by atoms with van der Waals surface area (Å²) in [5, 5.41) is 12.9. The highest BCUT2D eigenvalue weighted by Crippen LogP contribution is 2.29. The minimum atomic E-state index is -0.678. The average Bonchev–Trinajstić information content (AvgIpc) is 3.77. The van der Waals surface area contributed by atoms with Crippen molar-refractivity contribution in [3.8, 4) is 0 Å². The number of aromatic nitrogens is 2. The highest BCUT2D eigenvalue weighted by atomic mass is 16.2. The van der Waals surface area contributed by atoms with E-state index in [1.807, 2.05) is 35.2 Å². The van der Waals surface area contributed by atoms with E-state index in [0.29, 0.717) is 37.3 Å². The zero-order chi connectivity index (χ0) is 32.5. The Labute approximate surface area is 270 Å². The maximum Gasteiger partial charge on any atom is 0.270 e. The Balaban J connectivity index is 1.19. The van der Waals surface area contributed by atoms with Crippen LogP contribution >= 0.6 is 0 Å². The third-order valence-corrected chi connectivity index (χ3v) is 9.04. The summed E-state index contributed by atoms with van der Waals surface area (Å²) in [6.45, 7) is 5.37.